The van der Waals surface area contributed by atoms with Crippen LogP contribution in [0.1, 0.15) is 39.2 Å². The van der Waals surface area contributed by atoms with E-state index in [1.807, 2.05) is 44.2 Å². The third-order valence-electron chi connectivity index (χ3n) is 4.37. The van der Waals surface area contributed by atoms with Gasteiger partial charge < -0.3 is 14.8 Å². The largest absolute Gasteiger partial charge is 0.459 e. The summed E-state index contributed by atoms with van der Waals surface area (Å²) in [7, 11) is 0. The van der Waals surface area contributed by atoms with Crippen LogP contribution in [0.4, 0.5) is 0 Å². The van der Waals surface area contributed by atoms with Gasteiger partial charge in [-0.15, -0.1) is 0 Å². The maximum absolute atomic E-state index is 12.0. The summed E-state index contributed by atoms with van der Waals surface area (Å²) in [5, 5.41) is 2.73. The predicted molar refractivity (Wildman–Crippen MR) is 81.7 cm³/mol. The van der Waals surface area contributed by atoms with Crippen LogP contribution < -0.4 is 5.32 Å². The molecule has 1 heterocycles. The normalized spacial score (nSPS) is 20.7. The topological polar surface area (TPSA) is 64.6 Å². The van der Waals surface area contributed by atoms with Crippen molar-refractivity contribution in [3.63, 3.8) is 0 Å². The molecular formula is C17H23NO4. The minimum Gasteiger partial charge on any atom is -0.459 e. The summed E-state index contributed by atoms with van der Waals surface area (Å²) in [5.41, 5.74) is 0.407. The molecule has 1 aromatic rings. The fraction of sp³-hybridized carbons (Fsp3) is 0.529. The van der Waals surface area contributed by atoms with Crippen molar-refractivity contribution in [2.24, 2.45) is 5.41 Å². The van der Waals surface area contributed by atoms with Crippen molar-refractivity contribution in [1.82, 2.24) is 5.32 Å². The van der Waals surface area contributed by atoms with Gasteiger partial charge in [-0.05, 0) is 25.3 Å². The number of hydrogen-bond donors (Lipinski definition) is 1. The molecule has 1 N–H and O–H groups in total. The number of amides is 1. The van der Waals surface area contributed by atoms with E-state index in [0.29, 0.717) is 12.8 Å². The lowest BCUT2D eigenvalue weighted by molar-refractivity contribution is -0.194. The number of hydrogen-bond acceptors (Lipinski definition) is 4. The van der Waals surface area contributed by atoms with Crippen molar-refractivity contribution < 1.29 is 19.1 Å². The standard InChI is InChI=1S/C17H23NO4/c1-4-17(5-2)15(20)18-16(17)22-12(3)14(19)21-11-13-9-7-6-8-10-13/h6-10,12,16H,4-5,11H2,1-3H3,(H,18,20)/t12-,16-/m0/s1. The van der Waals surface area contributed by atoms with Gasteiger partial charge in [0.05, 0.1) is 5.41 Å². The van der Waals surface area contributed by atoms with E-state index >= 15 is 0 Å². The van der Waals surface area contributed by atoms with Gasteiger partial charge in [-0.1, -0.05) is 44.2 Å². The highest BCUT2D eigenvalue weighted by atomic mass is 16.6. The van der Waals surface area contributed by atoms with Crippen molar-refractivity contribution in [2.75, 3.05) is 0 Å². The van der Waals surface area contributed by atoms with E-state index in [-0.39, 0.29) is 12.5 Å². The molecule has 5 heteroatoms. The summed E-state index contributed by atoms with van der Waals surface area (Å²) < 4.78 is 10.9. The number of nitrogens with one attached hydrogen (secondary N) is 1. The van der Waals surface area contributed by atoms with Crippen molar-refractivity contribution >= 4 is 11.9 Å². The number of esters is 1. The Kier molecular flexibility index (Phi) is 5.19. The number of rotatable bonds is 7. The van der Waals surface area contributed by atoms with E-state index < -0.39 is 23.7 Å². The molecule has 0 bridgehead atoms. The number of benzene rings is 1. The summed E-state index contributed by atoms with van der Waals surface area (Å²) in [6.45, 7) is 5.78. The molecule has 1 aliphatic rings. The summed E-state index contributed by atoms with van der Waals surface area (Å²) in [5.74, 6) is -0.432. The monoisotopic (exact) mass is 305 g/mol. The molecule has 0 radical (unpaired) electrons. The first-order valence-electron chi connectivity index (χ1n) is 7.70. The maximum atomic E-state index is 12.0. The van der Waals surface area contributed by atoms with Gasteiger partial charge >= 0.3 is 5.97 Å². The minimum absolute atomic E-state index is 0.00708. The molecule has 0 aliphatic carbocycles. The first-order chi connectivity index (χ1) is 10.5. The molecule has 1 fully saturated rings. The van der Waals surface area contributed by atoms with Crippen LogP contribution in [0.2, 0.25) is 0 Å². The molecule has 1 aromatic carbocycles. The molecule has 1 amide bonds. The van der Waals surface area contributed by atoms with Gasteiger partial charge in [-0.2, -0.15) is 0 Å². The fourth-order valence-electron chi connectivity index (χ4n) is 2.65. The average Bonchev–Trinajstić information content (AvgIpc) is 2.54. The maximum Gasteiger partial charge on any atom is 0.335 e. The molecule has 5 nitrogen and oxygen atoms in total. The van der Waals surface area contributed by atoms with Crippen LogP contribution in [0, 0.1) is 5.41 Å². The van der Waals surface area contributed by atoms with Gasteiger partial charge in [0, 0.05) is 0 Å². The zero-order chi connectivity index (χ0) is 16.2. The average molecular weight is 305 g/mol. The Labute approximate surface area is 131 Å². The summed E-state index contributed by atoms with van der Waals surface area (Å²) in [6.07, 6.45) is 0.235. The van der Waals surface area contributed by atoms with Crippen molar-refractivity contribution in [3.05, 3.63) is 35.9 Å². The summed E-state index contributed by atoms with van der Waals surface area (Å²) in [6, 6.07) is 9.48. The fourth-order valence-corrected chi connectivity index (χ4v) is 2.65. The van der Waals surface area contributed by atoms with Crippen LogP contribution in [-0.4, -0.2) is 24.2 Å². The Balaban J connectivity index is 1.85. The minimum atomic E-state index is -0.716. The van der Waals surface area contributed by atoms with Crippen molar-refractivity contribution in [1.29, 1.82) is 0 Å². The van der Waals surface area contributed by atoms with Crippen LogP contribution in [0.3, 0.4) is 0 Å². The predicted octanol–water partition coefficient (Wildman–Crippen LogP) is 2.40. The van der Waals surface area contributed by atoms with E-state index in [0.717, 1.165) is 5.56 Å². The van der Waals surface area contributed by atoms with Gasteiger partial charge in [-0.3, -0.25) is 4.79 Å². The molecule has 22 heavy (non-hydrogen) atoms. The van der Waals surface area contributed by atoms with E-state index in [1.165, 1.54) is 0 Å². The third kappa shape index (κ3) is 3.14. The molecule has 0 saturated carbocycles. The molecule has 0 aromatic heterocycles. The molecule has 2 atom stereocenters. The quantitative estimate of drug-likeness (QED) is 0.620. The lowest BCUT2D eigenvalue weighted by Crippen LogP contribution is -2.68. The van der Waals surface area contributed by atoms with Gasteiger partial charge in [0.1, 0.15) is 12.8 Å². The zero-order valence-electron chi connectivity index (χ0n) is 13.3. The Bertz CT molecular complexity index is 525. The Hall–Kier alpha value is -1.88. The highest BCUT2D eigenvalue weighted by Crippen LogP contribution is 2.39. The molecule has 2 rings (SSSR count). The first-order valence-corrected chi connectivity index (χ1v) is 7.70. The Morgan fingerprint density at radius 3 is 2.45 bits per heavy atom. The summed E-state index contributed by atoms with van der Waals surface area (Å²) in [4.78, 5) is 23.8. The van der Waals surface area contributed by atoms with Crippen LogP contribution in [0.5, 0.6) is 0 Å². The summed E-state index contributed by atoms with van der Waals surface area (Å²) >= 11 is 0. The second kappa shape index (κ2) is 6.92. The van der Waals surface area contributed by atoms with E-state index in [9.17, 15) is 9.59 Å². The molecule has 1 aliphatic heterocycles. The van der Waals surface area contributed by atoms with Gasteiger partial charge in [-0.25, -0.2) is 4.79 Å². The second-order valence-electron chi connectivity index (χ2n) is 5.59. The number of ether oxygens (including phenoxy) is 2. The highest BCUT2D eigenvalue weighted by molar-refractivity contribution is 5.89. The highest BCUT2D eigenvalue weighted by Gasteiger charge is 2.54. The van der Waals surface area contributed by atoms with Crippen LogP contribution in [0.25, 0.3) is 0 Å². The first kappa shape index (κ1) is 16.5. The van der Waals surface area contributed by atoms with Gasteiger partial charge in [0.25, 0.3) is 0 Å². The van der Waals surface area contributed by atoms with Crippen LogP contribution in [0.15, 0.2) is 30.3 Å². The Morgan fingerprint density at radius 1 is 1.27 bits per heavy atom. The molecule has 1 saturated heterocycles. The lowest BCUT2D eigenvalue weighted by atomic mass is 9.73. The van der Waals surface area contributed by atoms with Crippen LogP contribution in [-0.2, 0) is 25.7 Å². The number of carbonyl (C=O) groups is 2. The van der Waals surface area contributed by atoms with Crippen molar-refractivity contribution in [3.8, 4) is 0 Å². The molecule has 0 spiro atoms. The van der Waals surface area contributed by atoms with Gasteiger partial charge in [0.2, 0.25) is 5.91 Å². The SMILES string of the molecule is CCC1(CC)C(=O)N[C@H]1O[C@@H](C)C(=O)OCc1ccccc1. The Morgan fingerprint density at radius 2 is 1.91 bits per heavy atom. The molecule has 120 valence electrons. The van der Waals surface area contributed by atoms with Gasteiger partial charge in [0.15, 0.2) is 6.10 Å². The van der Waals surface area contributed by atoms with Crippen LogP contribution >= 0.6 is 0 Å². The van der Waals surface area contributed by atoms with E-state index in [2.05, 4.69) is 5.32 Å². The second-order valence-corrected chi connectivity index (χ2v) is 5.59. The number of β-lactam (4-membered cyclic amide) rings is 1. The molecule has 0 unspecified atom stereocenters. The van der Waals surface area contributed by atoms with E-state index in [4.69, 9.17) is 9.47 Å². The number of carbonyl (C=O) groups excluding carboxylic acids is 2. The van der Waals surface area contributed by atoms with Crippen molar-refractivity contribution in [2.45, 2.75) is 52.6 Å². The zero-order valence-corrected chi connectivity index (χ0v) is 13.3. The molecular weight excluding hydrogens is 282 g/mol. The third-order valence-corrected chi connectivity index (χ3v) is 4.37. The lowest BCUT2D eigenvalue weighted by Gasteiger charge is -2.47. The van der Waals surface area contributed by atoms with E-state index in [1.54, 1.807) is 6.92 Å². The smallest absolute Gasteiger partial charge is 0.335 e.